The van der Waals surface area contributed by atoms with Crippen molar-refractivity contribution in [2.75, 3.05) is 56.6 Å². The Balaban J connectivity index is 0.798. The number of hydrogen-bond donors (Lipinski definition) is 3. The van der Waals surface area contributed by atoms with E-state index >= 15 is 0 Å². The molecule has 2 amide bonds. The van der Waals surface area contributed by atoms with Gasteiger partial charge in [-0.3, -0.25) is 19.3 Å². The summed E-state index contributed by atoms with van der Waals surface area (Å²) in [4.78, 5) is 67.0. The van der Waals surface area contributed by atoms with Gasteiger partial charge >= 0.3 is 0 Å². The Morgan fingerprint density at radius 2 is 1.61 bits per heavy atom. The zero-order valence-electron chi connectivity index (χ0n) is 35.2. The summed E-state index contributed by atoms with van der Waals surface area (Å²) in [6.45, 7) is 11.4. The van der Waals surface area contributed by atoms with Gasteiger partial charge in [-0.2, -0.15) is 0 Å². The summed E-state index contributed by atoms with van der Waals surface area (Å²) in [6, 6.07) is 12.5. The second kappa shape index (κ2) is 17.2. The van der Waals surface area contributed by atoms with Gasteiger partial charge in [-0.15, -0.1) is 0 Å². The number of benzene rings is 2. The topological polar surface area (TPSA) is 196 Å². The van der Waals surface area contributed by atoms with E-state index in [0.717, 1.165) is 60.7 Å². The monoisotopic (exact) mass is 840 g/mol. The zero-order chi connectivity index (χ0) is 43.1. The summed E-state index contributed by atoms with van der Waals surface area (Å²) in [5.41, 5.74) is 12.5. The summed E-state index contributed by atoms with van der Waals surface area (Å²) in [6.07, 6.45) is 7.43. The van der Waals surface area contributed by atoms with Gasteiger partial charge in [0.1, 0.15) is 17.3 Å². The van der Waals surface area contributed by atoms with Crippen LogP contribution >= 0.6 is 0 Å². The van der Waals surface area contributed by atoms with Crippen molar-refractivity contribution in [3.8, 4) is 22.9 Å². The van der Waals surface area contributed by atoms with Gasteiger partial charge in [-0.25, -0.2) is 19.9 Å². The molecule has 7 heterocycles. The molecule has 0 spiro atoms. The minimum Gasteiger partial charge on any atom is -0.508 e. The number of phenols is 2. The molecule has 9 rings (SSSR count). The number of piperidine rings is 1. The van der Waals surface area contributed by atoms with Crippen LogP contribution in [0.2, 0.25) is 0 Å². The summed E-state index contributed by atoms with van der Waals surface area (Å²) in [5.74, 6) is 1.11. The first-order valence-corrected chi connectivity index (χ1v) is 21.5. The number of aromatic nitrogens is 5. The number of hydrogen-bond acceptors (Lipinski definition) is 13. The van der Waals surface area contributed by atoms with Gasteiger partial charge < -0.3 is 40.0 Å². The van der Waals surface area contributed by atoms with E-state index in [2.05, 4.69) is 38.0 Å². The average Bonchev–Trinajstić information content (AvgIpc) is 3.71. The lowest BCUT2D eigenvalue weighted by Crippen LogP contribution is -2.41. The summed E-state index contributed by atoms with van der Waals surface area (Å²) in [5, 5.41) is 20.8. The molecule has 2 fully saturated rings. The number of anilines is 2. The van der Waals surface area contributed by atoms with Crippen LogP contribution in [0.25, 0.3) is 11.4 Å². The molecule has 0 radical (unpaired) electrons. The molecule has 4 aliphatic heterocycles. The molecule has 5 aromatic rings. The molecule has 16 heteroatoms. The van der Waals surface area contributed by atoms with Crippen molar-refractivity contribution in [2.24, 2.45) is 5.92 Å². The molecule has 0 atom stereocenters. The molecule has 2 saturated heterocycles. The van der Waals surface area contributed by atoms with Gasteiger partial charge in [0.05, 0.1) is 36.6 Å². The van der Waals surface area contributed by atoms with Crippen LogP contribution in [0.1, 0.15) is 86.8 Å². The van der Waals surface area contributed by atoms with Crippen molar-refractivity contribution in [3.05, 3.63) is 116 Å². The highest BCUT2D eigenvalue weighted by molar-refractivity contribution is 5.97. The van der Waals surface area contributed by atoms with Crippen molar-refractivity contribution in [1.82, 2.24) is 39.2 Å². The quantitative estimate of drug-likeness (QED) is 0.190. The number of likely N-dealkylation sites (tertiary alicyclic amines) is 1. The zero-order valence-corrected chi connectivity index (χ0v) is 35.2. The van der Waals surface area contributed by atoms with Crippen LogP contribution in [0, 0.1) is 5.92 Å². The van der Waals surface area contributed by atoms with Crippen molar-refractivity contribution in [1.29, 1.82) is 0 Å². The number of aromatic hydroxyl groups is 2. The van der Waals surface area contributed by atoms with Crippen LogP contribution in [0.15, 0.2) is 65.8 Å². The second-order valence-corrected chi connectivity index (χ2v) is 17.2. The number of fused-ring (bicyclic) bond motifs is 2. The van der Waals surface area contributed by atoms with E-state index in [0.29, 0.717) is 87.3 Å². The lowest BCUT2D eigenvalue weighted by atomic mass is 9.96. The highest BCUT2D eigenvalue weighted by atomic mass is 16.5. The first kappa shape index (κ1) is 41.0. The van der Waals surface area contributed by atoms with E-state index in [9.17, 15) is 24.6 Å². The largest absolute Gasteiger partial charge is 0.508 e. The second-order valence-electron chi connectivity index (χ2n) is 17.2. The van der Waals surface area contributed by atoms with Gasteiger partial charge in [-0.1, -0.05) is 32.0 Å². The van der Waals surface area contributed by atoms with Crippen molar-refractivity contribution >= 4 is 23.6 Å². The fourth-order valence-electron chi connectivity index (χ4n) is 9.13. The van der Waals surface area contributed by atoms with Gasteiger partial charge in [-0.05, 0) is 78.6 Å². The maximum absolute atomic E-state index is 13.9. The fraction of sp³-hybridized carbons (Fsp3) is 0.413. The normalized spacial score (nSPS) is 17.0. The lowest BCUT2D eigenvalue weighted by Gasteiger charge is -2.34. The molecular weight excluding hydrogens is 789 g/mol. The highest BCUT2D eigenvalue weighted by Crippen LogP contribution is 2.35. The predicted octanol–water partition coefficient (Wildman–Crippen LogP) is 4.32. The van der Waals surface area contributed by atoms with E-state index < -0.39 is 0 Å². The Kier molecular flexibility index (Phi) is 11.4. The summed E-state index contributed by atoms with van der Waals surface area (Å²) < 4.78 is 7.32. The molecule has 322 valence electrons. The number of carbonyl (C=O) groups is 2. The number of ether oxygens (including phenoxy) is 1. The van der Waals surface area contributed by atoms with Crippen LogP contribution in [0.5, 0.6) is 11.5 Å². The number of pyridine rings is 1. The van der Waals surface area contributed by atoms with Crippen molar-refractivity contribution in [3.63, 3.8) is 0 Å². The molecule has 0 aliphatic carbocycles. The molecular formula is C46H52N10O6. The lowest BCUT2D eigenvalue weighted by molar-refractivity contribution is 0.0728. The molecule has 4 N–H and O–H groups in total. The maximum atomic E-state index is 13.9. The smallest absolute Gasteiger partial charge is 0.258 e. The highest BCUT2D eigenvalue weighted by Gasteiger charge is 2.31. The molecule has 4 aliphatic rings. The first-order valence-electron chi connectivity index (χ1n) is 21.5. The van der Waals surface area contributed by atoms with Gasteiger partial charge in [0.15, 0.2) is 5.82 Å². The third kappa shape index (κ3) is 8.44. The number of morpholine rings is 1. The number of phenolic OH excluding ortho intramolecular Hbond substituents is 2. The molecule has 0 bridgehead atoms. The van der Waals surface area contributed by atoms with E-state index in [1.807, 2.05) is 13.8 Å². The third-order valence-corrected chi connectivity index (χ3v) is 12.7. The van der Waals surface area contributed by atoms with E-state index in [1.165, 1.54) is 17.7 Å². The predicted molar refractivity (Wildman–Crippen MR) is 232 cm³/mol. The minimum atomic E-state index is -0.256. The molecule has 3 aromatic heterocycles. The van der Waals surface area contributed by atoms with E-state index in [4.69, 9.17) is 20.4 Å². The first-order chi connectivity index (χ1) is 30.0. The SMILES string of the molecule is CC(C)c1cc(C(=O)N2Cc3ccc(CN4CCC(Cn5ccc(C(=O)N6CCc7c(nc(-c8cnc(N)nc8)nc7N7CCOCC7)C6)cc5=O)CC4)cc3C2)c(O)cc1O. The summed E-state index contributed by atoms with van der Waals surface area (Å²) >= 11 is 0. The summed E-state index contributed by atoms with van der Waals surface area (Å²) in [7, 11) is 0. The Morgan fingerprint density at radius 1 is 0.855 bits per heavy atom. The Hall–Kier alpha value is -6.39. The number of rotatable bonds is 9. The number of nitrogens with two attached hydrogens (primary N) is 1. The van der Waals surface area contributed by atoms with E-state index in [1.54, 1.807) is 45.1 Å². The molecule has 0 unspecified atom stereocenters. The molecule has 16 nitrogen and oxygen atoms in total. The van der Waals surface area contributed by atoms with Crippen molar-refractivity contribution < 1.29 is 24.5 Å². The average molecular weight is 841 g/mol. The molecule has 0 saturated carbocycles. The third-order valence-electron chi connectivity index (χ3n) is 12.7. The van der Waals surface area contributed by atoms with Gasteiger partial charge in [0, 0.05) is 87.7 Å². The molecule has 62 heavy (non-hydrogen) atoms. The Labute approximate surface area is 359 Å². The minimum absolute atomic E-state index is 0.00432. The van der Waals surface area contributed by atoms with Crippen LogP contribution in [0.3, 0.4) is 0 Å². The van der Waals surface area contributed by atoms with Gasteiger partial charge in [0.2, 0.25) is 5.95 Å². The van der Waals surface area contributed by atoms with Crippen LogP contribution in [-0.4, -0.2) is 107 Å². The van der Waals surface area contributed by atoms with Crippen molar-refractivity contribution in [2.45, 2.75) is 71.8 Å². The molecule has 2 aromatic carbocycles. The van der Waals surface area contributed by atoms with Crippen LogP contribution < -0.4 is 16.2 Å². The Morgan fingerprint density at radius 3 is 2.35 bits per heavy atom. The number of nitrogens with zero attached hydrogens (tertiary/aromatic N) is 9. The maximum Gasteiger partial charge on any atom is 0.258 e. The Bertz CT molecular complexity index is 2570. The number of amides is 2. The fourth-order valence-corrected chi connectivity index (χ4v) is 9.13. The standard InChI is InChI=1S/C46H52N10O6/c1-28(2)36-19-37(40(58)20-39(36)57)45(61)56-25-32-4-3-30(17-33(32)26-56)23-52-9-5-29(6-10-52)24-54-11-7-31(18-41(54)59)44(60)55-12-8-35-38(27-55)50-42(34-21-48-46(47)49-22-34)51-43(35)53-13-15-62-16-14-53/h3-4,7,11,17-22,28-29,57-58H,5-6,8-10,12-16,23-27H2,1-2H3,(H2,47,48,49). The van der Waals surface area contributed by atoms with E-state index in [-0.39, 0.29) is 52.8 Å². The van der Waals surface area contributed by atoms with Crippen LogP contribution in [0.4, 0.5) is 11.8 Å². The van der Waals surface area contributed by atoms with Crippen LogP contribution in [-0.2, 0) is 43.9 Å². The number of nitrogen functional groups attached to an aromatic ring is 1. The van der Waals surface area contributed by atoms with Gasteiger partial charge in [0.25, 0.3) is 17.4 Å². The number of carbonyl (C=O) groups excluding carboxylic acids is 2.